The first-order valence-corrected chi connectivity index (χ1v) is 11.0. The number of aromatic nitrogens is 2. The maximum absolute atomic E-state index is 13.0. The number of halogens is 1. The second-order valence-electron chi connectivity index (χ2n) is 9.67. The number of carbonyl (C=O) groups is 2. The van der Waals surface area contributed by atoms with Crippen LogP contribution in [0.4, 0.5) is 0 Å². The van der Waals surface area contributed by atoms with Gasteiger partial charge in [0.15, 0.2) is 5.69 Å². The molecule has 0 atom stereocenters. The quantitative estimate of drug-likeness (QED) is 0.741. The number of carbonyl (C=O) groups excluding carboxylic acids is 1. The van der Waals surface area contributed by atoms with Gasteiger partial charge in [-0.15, -0.1) is 0 Å². The van der Waals surface area contributed by atoms with Gasteiger partial charge >= 0.3 is 5.97 Å². The van der Waals surface area contributed by atoms with E-state index in [9.17, 15) is 14.7 Å². The maximum atomic E-state index is 13.0. The van der Waals surface area contributed by atoms with Crippen LogP contribution in [-0.4, -0.2) is 33.3 Å². The van der Waals surface area contributed by atoms with E-state index in [1.165, 1.54) is 43.2 Å². The Balaban J connectivity index is 1.36. The summed E-state index contributed by atoms with van der Waals surface area (Å²) in [7, 11) is 1.67. The molecule has 2 aromatic rings. The van der Waals surface area contributed by atoms with Crippen LogP contribution in [0, 0.1) is 23.2 Å². The zero-order valence-corrected chi connectivity index (χ0v) is 17.8. The lowest BCUT2D eigenvalue weighted by Crippen LogP contribution is -2.51. The first-order valence-electron chi connectivity index (χ1n) is 10.7. The summed E-state index contributed by atoms with van der Waals surface area (Å²) in [6.07, 6.45) is 9.44. The average Bonchev–Trinajstić information content (AvgIpc) is 3.08. The molecule has 4 fully saturated rings. The molecule has 0 unspecified atom stereocenters. The number of rotatable bonds is 5. The lowest BCUT2D eigenvalue weighted by Gasteiger charge is -2.56. The Kier molecular flexibility index (Phi) is 4.65. The molecule has 4 bridgehead atoms. The Labute approximate surface area is 180 Å². The largest absolute Gasteiger partial charge is 0.476 e. The number of aryl methyl sites for hydroxylation is 1. The third-order valence-corrected chi connectivity index (χ3v) is 7.67. The molecule has 0 aliphatic heterocycles. The Hall–Kier alpha value is -2.34. The third-order valence-electron chi connectivity index (χ3n) is 7.34. The van der Waals surface area contributed by atoms with E-state index in [2.05, 4.69) is 10.4 Å². The van der Waals surface area contributed by atoms with Crippen molar-refractivity contribution in [2.75, 3.05) is 6.54 Å². The molecule has 6 rings (SSSR count). The van der Waals surface area contributed by atoms with Gasteiger partial charge in [0.2, 0.25) is 0 Å². The highest BCUT2D eigenvalue weighted by atomic mass is 35.5. The standard InChI is InChI=1S/C23H26ClN3O3/c1-27-11-18(20(26-27)22(29)30)16-2-3-19(24)17(7-16)21(28)25-12-23-8-13-4-14(9-23)6-15(5-13)10-23/h2-3,7,11,13-15H,4-6,8-10,12H2,1H3,(H,25,28)(H,29,30). The molecule has 4 aliphatic rings. The monoisotopic (exact) mass is 427 g/mol. The van der Waals surface area contributed by atoms with Crippen LogP contribution in [0.1, 0.15) is 59.4 Å². The minimum Gasteiger partial charge on any atom is -0.476 e. The van der Waals surface area contributed by atoms with E-state index in [0.717, 1.165) is 17.8 Å². The van der Waals surface area contributed by atoms with Crippen LogP contribution >= 0.6 is 11.6 Å². The van der Waals surface area contributed by atoms with Gasteiger partial charge in [-0.05, 0) is 79.4 Å². The second kappa shape index (κ2) is 7.12. The zero-order chi connectivity index (χ0) is 21.0. The van der Waals surface area contributed by atoms with Crippen LogP contribution in [0.3, 0.4) is 0 Å². The number of carboxylic acid groups (broad SMARTS) is 1. The molecule has 7 heteroatoms. The molecular formula is C23H26ClN3O3. The third kappa shape index (κ3) is 3.41. The smallest absolute Gasteiger partial charge is 0.357 e. The van der Waals surface area contributed by atoms with E-state index < -0.39 is 5.97 Å². The summed E-state index contributed by atoms with van der Waals surface area (Å²) in [5.41, 5.74) is 1.66. The van der Waals surface area contributed by atoms with E-state index in [-0.39, 0.29) is 17.0 Å². The molecule has 0 saturated heterocycles. The average molecular weight is 428 g/mol. The first-order chi connectivity index (χ1) is 14.3. The number of hydrogen-bond donors (Lipinski definition) is 2. The predicted molar refractivity (Wildman–Crippen MR) is 114 cm³/mol. The summed E-state index contributed by atoms with van der Waals surface area (Å²) < 4.78 is 1.46. The van der Waals surface area contributed by atoms with Gasteiger partial charge in [0.1, 0.15) is 0 Å². The van der Waals surface area contributed by atoms with Gasteiger partial charge in [0, 0.05) is 25.4 Å². The van der Waals surface area contributed by atoms with Crippen molar-refractivity contribution in [3.05, 3.63) is 40.7 Å². The van der Waals surface area contributed by atoms with Crippen LogP contribution in [0.15, 0.2) is 24.4 Å². The molecule has 2 N–H and O–H groups in total. The SMILES string of the molecule is Cn1cc(-c2ccc(Cl)c(C(=O)NCC34CC5CC(CC(C5)C3)C4)c2)c(C(=O)O)n1. The minimum absolute atomic E-state index is 0.0419. The fraction of sp³-hybridized carbons (Fsp3) is 0.522. The van der Waals surface area contributed by atoms with Crippen molar-refractivity contribution in [1.29, 1.82) is 0 Å². The summed E-state index contributed by atoms with van der Waals surface area (Å²) in [4.78, 5) is 24.6. The second-order valence-corrected chi connectivity index (χ2v) is 10.1. The number of nitrogens with zero attached hydrogens (tertiary/aromatic N) is 2. The normalized spacial score (nSPS) is 29.2. The number of hydrogen-bond acceptors (Lipinski definition) is 3. The Morgan fingerprint density at radius 2 is 1.83 bits per heavy atom. The highest BCUT2D eigenvalue weighted by Crippen LogP contribution is 2.59. The summed E-state index contributed by atoms with van der Waals surface area (Å²) in [5.74, 6) is 1.20. The number of aromatic carboxylic acids is 1. The van der Waals surface area contributed by atoms with Gasteiger partial charge < -0.3 is 10.4 Å². The molecular weight excluding hydrogens is 402 g/mol. The van der Waals surface area contributed by atoms with E-state index >= 15 is 0 Å². The van der Waals surface area contributed by atoms with Gasteiger partial charge in [0.05, 0.1) is 10.6 Å². The van der Waals surface area contributed by atoms with Crippen molar-refractivity contribution in [2.45, 2.75) is 38.5 Å². The van der Waals surface area contributed by atoms with Crippen LogP contribution < -0.4 is 5.32 Å². The highest BCUT2D eigenvalue weighted by Gasteiger charge is 2.50. The molecule has 6 nitrogen and oxygen atoms in total. The predicted octanol–water partition coefficient (Wildman–Crippen LogP) is 4.38. The zero-order valence-electron chi connectivity index (χ0n) is 17.0. The molecule has 0 spiro atoms. The van der Waals surface area contributed by atoms with Crippen molar-refractivity contribution < 1.29 is 14.7 Å². The van der Waals surface area contributed by atoms with Crippen molar-refractivity contribution in [2.24, 2.45) is 30.2 Å². The van der Waals surface area contributed by atoms with Gasteiger partial charge in [-0.3, -0.25) is 9.48 Å². The molecule has 4 aliphatic carbocycles. The Bertz CT molecular complexity index is 993. The van der Waals surface area contributed by atoms with Gasteiger partial charge in [-0.1, -0.05) is 17.7 Å². The van der Waals surface area contributed by atoms with Crippen molar-refractivity contribution in [3.8, 4) is 11.1 Å². The van der Waals surface area contributed by atoms with E-state index in [4.69, 9.17) is 11.6 Å². The molecule has 4 saturated carbocycles. The first kappa shape index (κ1) is 19.6. The van der Waals surface area contributed by atoms with Gasteiger partial charge in [-0.2, -0.15) is 5.10 Å². The van der Waals surface area contributed by atoms with Crippen molar-refractivity contribution >= 4 is 23.5 Å². The van der Waals surface area contributed by atoms with Crippen molar-refractivity contribution in [3.63, 3.8) is 0 Å². The Morgan fingerprint density at radius 1 is 1.20 bits per heavy atom. The molecule has 1 aromatic carbocycles. The summed E-state index contributed by atoms with van der Waals surface area (Å²) in [5, 5.41) is 17.0. The van der Waals surface area contributed by atoms with Crippen LogP contribution in [0.25, 0.3) is 11.1 Å². The molecule has 1 aromatic heterocycles. The summed E-state index contributed by atoms with van der Waals surface area (Å²) >= 11 is 6.34. The van der Waals surface area contributed by atoms with Crippen LogP contribution in [0.5, 0.6) is 0 Å². The minimum atomic E-state index is -1.10. The van der Waals surface area contributed by atoms with Crippen molar-refractivity contribution in [1.82, 2.24) is 15.1 Å². The highest BCUT2D eigenvalue weighted by molar-refractivity contribution is 6.34. The fourth-order valence-electron chi connectivity index (χ4n) is 6.59. The fourth-order valence-corrected chi connectivity index (χ4v) is 6.80. The lowest BCUT2D eigenvalue weighted by atomic mass is 9.49. The number of amides is 1. The molecule has 1 amide bonds. The molecule has 158 valence electrons. The summed E-state index contributed by atoms with van der Waals surface area (Å²) in [6, 6.07) is 5.04. The number of nitrogens with one attached hydrogen (secondary N) is 1. The summed E-state index contributed by atoms with van der Waals surface area (Å²) in [6.45, 7) is 0.698. The molecule has 30 heavy (non-hydrogen) atoms. The number of benzene rings is 1. The van der Waals surface area contributed by atoms with E-state index in [1.54, 1.807) is 31.4 Å². The maximum Gasteiger partial charge on any atom is 0.357 e. The topological polar surface area (TPSA) is 84.2 Å². The lowest BCUT2D eigenvalue weighted by molar-refractivity contribution is -0.0503. The molecule has 0 radical (unpaired) electrons. The molecule has 1 heterocycles. The van der Waals surface area contributed by atoms with Crippen LogP contribution in [-0.2, 0) is 7.05 Å². The Morgan fingerprint density at radius 3 is 2.43 bits per heavy atom. The van der Waals surface area contributed by atoms with Crippen LogP contribution in [0.2, 0.25) is 5.02 Å². The van der Waals surface area contributed by atoms with E-state index in [1.807, 2.05) is 0 Å². The van der Waals surface area contributed by atoms with Gasteiger partial charge in [0.25, 0.3) is 5.91 Å². The van der Waals surface area contributed by atoms with E-state index in [0.29, 0.717) is 28.3 Å². The van der Waals surface area contributed by atoms with Gasteiger partial charge in [-0.25, -0.2) is 4.79 Å². The number of carboxylic acids is 1.